The van der Waals surface area contributed by atoms with Crippen molar-refractivity contribution in [1.82, 2.24) is 24.0 Å². The Morgan fingerprint density at radius 2 is 1.89 bits per heavy atom. The highest BCUT2D eigenvalue weighted by Gasteiger charge is 2.43. The highest BCUT2D eigenvalue weighted by atomic mass is 32.1. The first-order valence-corrected chi connectivity index (χ1v) is 9.90. The maximum absolute atomic E-state index is 13.2. The van der Waals surface area contributed by atoms with Gasteiger partial charge in [-0.05, 0) is 43.7 Å². The van der Waals surface area contributed by atoms with Gasteiger partial charge >= 0.3 is 6.18 Å². The number of nitrogens with zero attached hydrogens (tertiary/aromatic N) is 6. The predicted octanol–water partition coefficient (Wildman–Crippen LogP) is 3.23. The third-order valence-corrected chi connectivity index (χ3v) is 6.44. The molecular weight excluding hydrogens is 391 g/mol. The fraction of sp³-hybridized carbons (Fsp3) is 0.529. The smallest absolute Gasteiger partial charge is 0.349 e. The molecule has 5 rings (SSSR count). The van der Waals surface area contributed by atoms with Crippen LogP contribution in [0.3, 0.4) is 0 Å². The first-order chi connectivity index (χ1) is 13.4. The van der Waals surface area contributed by atoms with Crippen LogP contribution in [0.1, 0.15) is 24.4 Å². The van der Waals surface area contributed by atoms with E-state index in [2.05, 4.69) is 29.7 Å². The van der Waals surface area contributed by atoms with Crippen molar-refractivity contribution in [2.45, 2.75) is 32.0 Å². The predicted molar refractivity (Wildman–Crippen MR) is 98.5 cm³/mol. The summed E-state index contributed by atoms with van der Waals surface area (Å²) in [5.41, 5.74) is -0.638. The molecule has 148 valence electrons. The minimum Gasteiger partial charge on any atom is -0.349 e. The van der Waals surface area contributed by atoms with E-state index in [9.17, 15) is 13.2 Å². The van der Waals surface area contributed by atoms with Crippen LogP contribution in [0, 0.1) is 18.8 Å². The van der Waals surface area contributed by atoms with Crippen LogP contribution in [0.25, 0.3) is 5.65 Å². The van der Waals surface area contributed by atoms with E-state index in [0.29, 0.717) is 11.8 Å². The summed E-state index contributed by atoms with van der Waals surface area (Å²) < 4.78 is 44.7. The lowest BCUT2D eigenvalue weighted by atomic mass is 9.92. The molecule has 11 heteroatoms. The van der Waals surface area contributed by atoms with Gasteiger partial charge in [0, 0.05) is 30.7 Å². The van der Waals surface area contributed by atoms with Crippen molar-refractivity contribution in [3.8, 4) is 0 Å². The standard InChI is InChI=1S/C17H18F3N7S/c1-9-21-16(28-25-9)26-7-10-5-6-11(8-26)14(10)23-15-22-13-4-2-3-12(17(18,19)20)27(13)24-15/h2-4,10-11,14H,5-8H2,1H3,(H,23,24). The van der Waals surface area contributed by atoms with Crippen molar-refractivity contribution in [3.63, 3.8) is 0 Å². The zero-order valence-electron chi connectivity index (χ0n) is 15.0. The van der Waals surface area contributed by atoms with E-state index >= 15 is 0 Å². The molecule has 0 aromatic carbocycles. The molecule has 1 saturated carbocycles. The monoisotopic (exact) mass is 409 g/mol. The average molecular weight is 409 g/mol. The Labute approximate surface area is 162 Å². The van der Waals surface area contributed by atoms with E-state index in [1.165, 1.54) is 23.7 Å². The van der Waals surface area contributed by atoms with Crippen molar-refractivity contribution in [2.24, 2.45) is 11.8 Å². The van der Waals surface area contributed by atoms with Gasteiger partial charge < -0.3 is 10.2 Å². The minimum absolute atomic E-state index is 0.150. The quantitative estimate of drug-likeness (QED) is 0.716. The molecule has 0 spiro atoms. The van der Waals surface area contributed by atoms with Crippen molar-refractivity contribution in [2.75, 3.05) is 23.3 Å². The van der Waals surface area contributed by atoms with Gasteiger partial charge in [-0.25, -0.2) is 9.50 Å². The molecule has 2 fully saturated rings. The van der Waals surface area contributed by atoms with Crippen molar-refractivity contribution >= 4 is 28.3 Å². The Hall–Kier alpha value is -2.43. The van der Waals surface area contributed by atoms with E-state index < -0.39 is 11.9 Å². The highest BCUT2D eigenvalue weighted by Crippen LogP contribution is 2.40. The first-order valence-electron chi connectivity index (χ1n) is 9.13. The number of pyridine rings is 1. The van der Waals surface area contributed by atoms with E-state index in [1.54, 1.807) is 0 Å². The lowest BCUT2D eigenvalue weighted by Gasteiger charge is -2.37. The Morgan fingerprint density at radius 1 is 1.14 bits per heavy atom. The van der Waals surface area contributed by atoms with Crippen LogP contribution in [0.5, 0.6) is 0 Å². The molecule has 3 aromatic rings. The molecule has 1 aliphatic heterocycles. The number of fused-ring (bicyclic) bond motifs is 3. The molecule has 2 aliphatic rings. The molecule has 2 bridgehead atoms. The zero-order valence-corrected chi connectivity index (χ0v) is 15.8. The Kier molecular flexibility index (Phi) is 3.97. The van der Waals surface area contributed by atoms with Crippen molar-refractivity contribution in [1.29, 1.82) is 0 Å². The fourth-order valence-corrected chi connectivity index (χ4v) is 5.05. The molecule has 2 atom stereocenters. The van der Waals surface area contributed by atoms with Crippen molar-refractivity contribution < 1.29 is 13.2 Å². The minimum atomic E-state index is -4.48. The van der Waals surface area contributed by atoms with Crippen LogP contribution in [-0.2, 0) is 6.18 Å². The molecule has 0 amide bonds. The van der Waals surface area contributed by atoms with Crippen LogP contribution in [-0.4, -0.2) is 43.1 Å². The molecule has 7 nitrogen and oxygen atoms in total. The number of hydrogen-bond acceptors (Lipinski definition) is 7. The lowest BCUT2D eigenvalue weighted by Crippen LogP contribution is -2.48. The summed E-state index contributed by atoms with van der Waals surface area (Å²) in [5, 5.41) is 8.35. The van der Waals surface area contributed by atoms with E-state index in [1.807, 2.05) is 6.92 Å². The van der Waals surface area contributed by atoms with Crippen LogP contribution < -0.4 is 10.2 Å². The summed E-state index contributed by atoms with van der Waals surface area (Å²) in [4.78, 5) is 11.0. The number of piperidine rings is 1. The number of aryl methyl sites for hydroxylation is 1. The summed E-state index contributed by atoms with van der Waals surface area (Å²) >= 11 is 1.41. The van der Waals surface area contributed by atoms with Gasteiger partial charge in [0.05, 0.1) is 0 Å². The zero-order chi connectivity index (χ0) is 19.5. The molecule has 1 saturated heterocycles. The largest absolute Gasteiger partial charge is 0.433 e. The molecule has 3 aromatic heterocycles. The number of rotatable bonds is 3. The summed E-state index contributed by atoms with van der Waals surface area (Å²) in [6.45, 7) is 3.58. The highest BCUT2D eigenvalue weighted by molar-refractivity contribution is 7.09. The molecule has 28 heavy (non-hydrogen) atoms. The number of aromatic nitrogens is 5. The Morgan fingerprint density at radius 3 is 2.54 bits per heavy atom. The molecule has 0 radical (unpaired) electrons. The SMILES string of the molecule is Cc1nsc(N2CC3CCC(C2)C3Nc2nc3cccc(C(F)(F)F)n3n2)n1. The van der Waals surface area contributed by atoms with Crippen LogP contribution in [0.15, 0.2) is 18.2 Å². The lowest BCUT2D eigenvalue weighted by molar-refractivity contribution is -0.142. The summed E-state index contributed by atoms with van der Waals surface area (Å²) in [6.07, 6.45) is -2.34. The number of alkyl halides is 3. The maximum atomic E-state index is 13.2. The Bertz CT molecular complexity index is 1000. The van der Waals surface area contributed by atoms with Gasteiger partial charge in [0.2, 0.25) is 11.1 Å². The first kappa shape index (κ1) is 17.7. The average Bonchev–Trinajstić information content (AvgIpc) is 3.30. The topological polar surface area (TPSA) is 71.2 Å². The third-order valence-electron chi connectivity index (χ3n) is 5.57. The number of halogens is 3. The normalized spacial score (nSPS) is 24.9. The maximum Gasteiger partial charge on any atom is 0.433 e. The van der Waals surface area contributed by atoms with Crippen LogP contribution in [0.4, 0.5) is 24.3 Å². The number of hydrogen-bond donors (Lipinski definition) is 1. The van der Waals surface area contributed by atoms with Crippen LogP contribution >= 0.6 is 11.5 Å². The molecular formula is C17H18F3N7S. The second kappa shape index (κ2) is 6.29. The summed E-state index contributed by atoms with van der Waals surface area (Å²) in [6, 6.07) is 4.04. The molecule has 1 aliphatic carbocycles. The fourth-order valence-electron chi connectivity index (χ4n) is 4.36. The van der Waals surface area contributed by atoms with Crippen LogP contribution in [0.2, 0.25) is 0 Å². The van der Waals surface area contributed by atoms with E-state index in [4.69, 9.17) is 0 Å². The summed E-state index contributed by atoms with van der Waals surface area (Å²) in [7, 11) is 0. The van der Waals surface area contributed by atoms with E-state index in [-0.39, 0.29) is 17.6 Å². The second-order valence-corrected chi connectivity index (χ2v) is 8.14. The third kappa shape index (κ3) is 2.97. The van der Waals surface area contributed by atoms with Gasteiger partial charge in [-0.3, -0.25) is 0 Å². The second-order valence-electron chi connectivity index (χ2n) is 7.41. The number of nitrogens with one attached hydrogen (secondary N) is 1. The van der Waals surface area contributed by atoms with Gasteiger partial charge in [0.1, 0.15) is 11.5 Å². The molecule has 1 N–H and O–H groups in total. The summed E-state index contributed by atoms with van der Waals surface area (Å²) in [5.74, 6) is 1.77. The van der Waals surface area contributed by atoms with E-state index in [0.717, 1.165) is 47.5 Å². The van der Waals surface area contributed by atoms with Gasteiger partial charge in [0.25, 0.3) is 0 Å². The van der Waals surface area contributed by atoms with Gasteiger partial charge in [-0.15, -0.1) is 5.10 Å². The Balaban J connectivity index is 1.37. The molecule has 2 unspecified atom stereocenters. The van der Waals surface area contributed by atoms with Gasteiger partial charge in [0.15, 0.2) is 5.65 Å². The van der Waals surface area contributed by atoms with Crippen molar-refractivity contribution in [3.05, 3.63) is 29.7 Å². The van der Waals surface area contributed by atoms with Gasteiger partial charge in [-0.1, -0.05) is 6.07 Å². The molecule has 4 heterocycles. The number of anilines is 2. The van der Waals surface area contributed by atoms with Gasteiger partial charge in [-0.2, -0.15) is 22.5 Å².